The van der Waals surface area contributed by atoms with Crippen molar-refractivity contribution in [3.05, 3.63) is 23.8 Å². The molecule has 0 saturated heterocycles. The summed E-state index contributed by atoms with van der Waals surface area (Å²) in [6.45, 7) is 7.46. The summed E-state index contributed by atoms with van der Waals surface area (Å²) in [5.41, 5.74) is 0.790. The highest BCUT2D eigenvalue weighted by molar-refractivity contribution is 5.66. The topological polar surface area (TPSA) is 88.0 Å². The van der Waals surface area contributed by atoms with Crippen LogP contribution in [0, 0.1) is 23.2 Å². The lowest BCUT2D eigenvalue weighted by atomic mass is 9.77. The highest BCUT2D eigenvalue weighted by atomic mass is 16.5. The molecule has 3 N–H and O–H groups in total. The molecule has 0 spiro atoms. The van der Waals surface area contributed by atoms with Crippen molar-refractivity contribution in [1.29, 1.82) is 0 Å². The van der Waals surface area contributed by atoms with Gasteiger partial charge >= 0.3 is 5.97 Å². The van der Waals surface area contributed by atoms with Crippen LogP contribution in [-0.2, 0) is 16.0 Å². The monoisotopic (exact) mass is 445 g/mol. The number of rotatable bonds is 9. The molecule has 1 aliphatic carbocycles. The first-order valence-electron chi connectivity index (χ1n) is 11.7. The standard InChI is InChI=1S/C26H39NO5/c1-5-14-27-18-26(6-2)12-7-8-21(15-20-9-10-23(30)25(16-20)31-4)24(32-19(3)28)17-22(29)11-13-26/h9-10,16,21-22,24,27,29-30H,5-6,8,11,13-15,17-18H2,1-4H3. The van der Waals surface area contributed by atoms with Crippen LogP contribution in [0.5, 0.6) is 11.5 Å². The zero-order valence-electron chi connectivity index (χ0n) is 19.9. The number of aromatic hydroxyl groups is 1. The first-order valence-corrected chi connectivity index (χ1v) is 11.7. The van der Waals surface area contributed by atoms with Gasteiger partial charge in [0.1, 0.15) is 6.10 Å². The smallest absolute Gasteiger partial charge is 0.302 e. The van der Waals surface area contributed by atoms with E-state index in [0.29, 0.717) is 31.4 Å². The molecule has 0 aromatic heterocycles. The number of phenols is 1. The normalized spacial score (nSPS) is 26.0. The van der Waals surface area contributed by atoms with E-state index in [2.05, 4.69) is 31.0 Å². The maximum atomic E-state index is 11.8. The van der Waals surface area contributed by atoms with Crippen molar-refractivity contribution in [3.63, 3.8) is 0 Å². The first kappa shape index (κ1) is 26.0. The number of hydrogen-bond acceptors (Lipinski definition) is 6. The van der Waals surface area contributed by atoms with Crippen molar-refractivity contribution in [3.8, 4) is 23.3 Å². The molecule has 32 heavy (non-hydrogen) atoms. The zero-order valence-corrected chi connectivity index (χ0v) is 19.9. The summed E-state index contributed by atoms with van der Waals surface area (Å²) in [7, 11) is 1.52. The molecule has 0 saturated carbocycles. The predicted octanol–water partition coefficient (Wildman–Crippen LogP) is 3.83. The Morgan fingerprint density at radius 2 is 2.12 bits per heavy atom. The predicted molar refractivity (Wildman–Crippen MR) is 126 cm³/mol. The molecule has 0 fully saturated rings. The average Bonchev–Trinajstić information content (AvgIpc) is 2.76. The Kier molecular flexibility index (Phi) is 10.3. The van der Waals surface area contributed by atoms with Crippen molar-refractivity contribution >= 4 is 5.97 Å². The average molecular weight is 446 g/mol. The molecule has 4 atom stereocenters. The molecule has 4 unspecified atom stereocenters. The van der Waals surface area contributed by atoms with Crippen LogP contribution >= 0.6 is 0 Å². The lowest BCUT2D eigenvalue weighted by molar-refractivity contribution is -0.151. The molecule has 1 aromatic rings. The Labute approximate surface area is 192 Å². The maximum absolute atomic E-state index is 11.8. The van der Waals surface area contributed by atoms with E-state index in [9.17, 15) is 15.0 Å². The second-order valence-electron chi connectivity index (χ2n) is 8.86. The van der Waals surface area contributed by atoms with Crippen LogP contribution in [0.15, 0.2) is 18.2 Å². The number of aliphatic hydroxyl groups is 1. The van der Waals surface area contributed by atoms with Gasteiger partial charge in [0.25, 0.3) is 0 Å². The van der Waals surface area contributed by atoms with Crippen LogP contribution in [0.3, 0.4) is 0 Å². The largest absolute Gasteiger partial charge is 0.504 e. The van der Waals surface area contributed by atoms with Crippen LogP contribution in [-0.4, -0.2) is 48.6 Å². The van der Waals surface area contributed by atoms with E-state index < -0.39 is 12.2 Å². The third-order valence-corrected chi connectivity index (χ3v) is 6.33. The summed E-state index contributed by atoms with van der Waals surface area (Å²) >= 11 is 0. The van der Waals surface area contributed by atoms with Gasteiger partial charge in [-0.2, -0.15) is 0 Å². The summed E-state index contributed by atoms with van der Waals surface area (Å²) in [5, 5.41) is 24.2. The van der Waals surface area contributed by atoms with Gasteiger partial charge in [0.2, 0.25) is 0 Å². The molecule has 6 heteroatoms. The lowest BCUT2D eigenvalue weighted by Crippen LogP contribution is -2.36. The van der Waals surface area contributed by atoms with Gasteiger partial charge in [-0.3, -0.25) is 4.79 Å². The molecule has 0 amide bonds. The Morgan fingerprint density at radius 3 is 2.78 bits per heavy atom. The number of hydrogen-bond donors (Lipinski definition) is 3. The van der Waals surface area contributed by atoms with E-state index in [0.717, 1.165) is 37.9 Å². The quantitative estimate of drug-likeness (QED) is 0.304. The highest BCUT2D eigenvalue weighted by Crippen LogP contribution is 2.33. The maximum Gasteiger partial charge on any atom is 0.302 e. The van der Waals surface area contributed by atoms with Crippen LogP contribution in [0.2, 0.25) is 0 Å². The van der Waals surface area contributed by atoms with Crippen molar-refractivity contribution in [2.45, 2.75) is 77.9 Å². The SMILES string of the molecule is CCCNCC1(CC)C#CCC(Cc2ccc(O)c(OC)c2)C(OC(C)=O)CC(O)CC1. The third-order valence-electron chi connectivity index (χ3n) is 6.33. The van der Waals surface area contributed by atoms with Gasteiger partial charge in [-0.05, 0) is 56.3 Å². The molecular weight excluding hydrogens is 406 g/mol. The Balaban J connectivity index is 2.33. The molecule has 1 aliphatic rings. The second-order valence-corrected chi connectivity index (χ2v) is 8.86. The first-order chi connectivity index (χ1) is 15.3. The van der Waals surface area contributed by atoms with Gasteiger partial charge in [-0.1, -0.05) is 25.8 Å². The Bertz CT molecular complexity index is 799. The zero-order chi connectivity index (χ0) is 23.6. The molecule has 1 aromatic carbocycles. The number of carbonyl (C=O) groups is 1. The molecular formula is C26H39NO5. The van der Waals surface area contributed by atoms with E-state index in [1.54, 1.807) is 12.1 Å². The fraction of sp³-hybridized carbons (Fsp3) is 0.654. The van der Waals surface area contributed by atoms with Crippen LogP contribution in [0.4, 0.5) is 0 Å². The number of esters is 1. The second kappa shape index (κ2) is 12.7. The number of aliphatic hydroxyl groups excluding tert-OH is 1. The van der Waals surface area contributed by atoms with Gasteiger partial charge < -0.3 is 25.0 Å². The fourth-order valence-corrected chi connectivity index (χ4v) is 4.33. The minimum atomic E-state index is -0.562. The van der Waals surface area contributed by atoms with Crippen molar-refractivity contribution in [2.24, 2.45) is 11.3 Å². The van der Waals surface area contributed by atoms with Crippen LogP contribution in [0.25, 0.3) is 0 Å². The van der Waals surface area contributed by atoms with E-state index in [4.69, 9.17) is 9.47 Å². The molecule has 0 heterocycles. The summed E-state index contributed by atoms with van der Waals surface area (Å²) in [5.74, 6) is 6.99. The number of phenolic OH excluding ortho intramolecular Hbond substituents is 1. The van der Waals surface area contributed by atoms with Crippen molar-refractivity contribution in [2.75, 3.05) is 20.2 Å². The lowest BCUT2D eigenvalue weighted by Gasteiger charge is -2.32. The van der Waals surface area contributed by atoms with Gasteiger partial charge in [0.05, 0.1) is 13.2 Å². The molecule has 0 radical (unpaired) electrons. The number of ether oxygens (including phenoxy) is 2. The summed E-state index contributed by atoms with van der Waals surface area (Å²) < 4.78 is 10.9. The van der Waals surface area contributed by atoms with E-state index in [1.165, 1.54) is 14.0 Å². The molecule has 0 bridgehead atoms. The van der Waals surface area contributed by atoms with E-state index >= 15 is 0 Å². The molecule has 6 nitrogen and oxygen atoms in total. The number of methoxy groups -OCH3 is 1. The van der Waals surface area contributed by atoms with Crippen molar-refractivity contribution < 1.29 is 24.5 Å². The summed E-state index contributed by atoms with van der Waals surface area (Å²) in [6.07, 6.45) is 3.97. The molecule has 178 valence electrons. The Hall–Kier alpha value is -2.23. The highest BCUT2D eigenvalue weighted by Gasteiger charge is 2.32. The van der Waals surface area contributed by atoms with Crippen molar-refractivity contribution in [1.82, 2.24) is 5.32 Å². The van der Waals surface area contributed by atoms with Crippen LogP contribution < -0.4 is 10.1 Å². The Morgan fingerprint density at radius 1 is 1.34 bits per heavy atom. The molecule has 2 rings (SSSR count). The minimum Gasteiger partial charge on any atom is -0.504 e. The van der Waals surface area contributed by atoms with Gasteiger partial charge in [-0.25, -0.2) is 0 Å². The number of benzene rings is 1. The number of carbonyl (C=O) groups excluding carboxylic acids is 1. The third kappa shape index (κ3) is 7.72. The molecule has 0 aliphatic heterocycles. The van der Waals surface area contributed by atoms with Gasteiger partial charge in [0, 0.05) is 37.6 Å². The summed E-state index contributed by atoms with van der Waals surface area (Å²) in [6, 6.07) is 5.25. The van der Waals surface area contributed by atoms with Gasteiger partial charge in [-0.15, -0.1) is 5.92 Å². The minimum absolute atomic E-state index is 0.0773. The van der Waals surface area contributed by atoms with Gasteiger partial charge in [0.15, 0.2) is 11.5 Å². The van der Waals surface area contributed by atoms with E-state index in [-0.39, 0.29) is 23.1 Å². The number of nitrogens with one attached hydrogen (secondary N) is 1. The van der Waals surface area contributed by atoms with Crippen LogP contribution in [0.1, 0.15) is 64.9 Å². The summed E-state index contributed by atoms with van der Waals surface area (Å²) in [4.78, 5) is 11.8. The van der Waals surface area contributed by atoms with E-state index in [1.807, 2.05) is 6.07 Å². The fourth-order valence-electron chi connectivity index (χ4n) is 4.33.